The summed E-state index contributed by atoms with van der Waals surface area (Å²) in [7, 11) is 0. The smallest absolute Gasteiger partial charge is 0.251 e. The molecule has 92 valence electrons. The lowest BCUT2D eigenvalue weighted by molar-refractivity contribution is 0.0950. The average molecular weight is 263 g/mol. The van der Waals surface area contributed by atoms with E-state index in [1.807, 2.05) is 12.1 Å². The van der Waals surface area contributed by atoms with E-state index in [0.717, 1.165) is 5.56 Å². The second kappa shape index (κ2) is 5.51. The first-order valence-corrected chi connectivity index (χ1v) is 5.74. The summed E-state index contributed by atoms with van der Waals surface area (Å²) in [5.41, 5.74) is 0.937. The van der Waals surface area contributed by atoms with Gasteiger partial charge in [-0.15, -0.1) is 0 Å². The van der Waals surface area contributed by atoms with Crippen molar-refractivity contribution < 1.29 is 4.79 Å². The summed E-state index contributed by atoms with van der Waals surface area (Å²) in [4.78, 5) is 25.3. The van der Waals surface area contributed by atoms with Crippen LogP contribution in [0.15, 0.2) is 47.4 Å². The van der Waals surface area contributed by atoms with Crippen LogP contribution >= 0.6 is 11.6 Å². The molecule has 0 fully saturated rings. The van der Waals surface area contributed by atoms with E-state index in [2.05, 4.69) is 10.3 Å². The van der Waals surface area contributed by atoms with Gasteiger partial charge in [-0.05, 0) is 23.8 Å². The highest BCUT2D eigenvalue weighted by molar-refractivity contribution is 6.30. The van der Waals surface area contributed by atoms with Gasteiger partial charge >= 0.3 is 0 Å². The van der Waals surface area contributed by atoms with Crippen LogP contribution in [0.1, 0.15) is 15.9 Å². The van der Waals surface area contributed by atoms with Gasteiger partial charge in [0.05, 0.1) is 0 Å². The number of halogens is 1. The van der Waals surface area contributed by atoms with Crippen LogP contribution in [0.3, 0.4) is 0 Å². The van der Waals surface area contributed by atoms with Gasteiger partial charge in [0.15, 0.2) is 0 Å². The Bertz CT molecular complexity index is 622. The lowest BCUT2D eigenvalue weighted by atomic mass is 10.2. The number of aromatic nitrogens is 1. The maximum absolute atomic E-state index is 11.8. The molecule has 2 rings (SSSR count). The predicted molar refractivity (Wildman–Crippen MR) is 69.7 cm³/mol. The van der Waals surface area contributed by atoms with Gasteiger partial charge in [0, 0.05) is 29.4 Å². The number of nitrogens with one attached hydrogen (secondary N) is 2. The first-order chi connectivity index (χ1) is 8.65. The summed E-state index contributed by atoms with van der Waals surface area (Å²) < 4.78 is 0. The molecule has 0 aliphatic heterocycles. The summed E-state index contributed by atoms with van der Waals surface area (Å²) in [6, 6.07) is 10.0. The summed E-state index contributed by atoms with van der Waals surface area (Å²) >= 11 is 5.84. The number of carbonyl (C=O) groups excluding carboxylic acids is 1. The second-order valence-electron chi connectivity index (χ2n) is 3.75. The molecule has 0 spiro atoms. The molecule has 0 saturated heterocycles. The molecule has 4 nitrogen and oxygen atoms in total. The number of hydrogen-bond donors (Lipinski definition) is 2. The van der Waals surface area contributed by atoms with Crippen molar-refractivity contribution in [2.24, 2.45) is 0 Å². The Morgan fingerprint density at radius 3 is 2.83 bits per heavy atom. The number of hydrogen-bond acceptors (Lipinski definition) is 2. The lowest BCUT2D eigenvalue weighted by Gasteiger charge is -2.05. The lowest BCUT2D eigenvalue weighted by Crippen LogP contribution is -2.24. The van der Waals surface area contributed by atoms with Gasteiger partial charge in [-0.1, -0.05) is 23.7 Å². The fourth-order valence-corrected chi connectivity index (χ4v) is 1.73. The minimum atomic E-state index is -0.301. The van der Waals surface area contributed by atoms with Crippen molar-refractivity contribution in [2.45, 2.75) is 6.54 Å². The molecule has 18 heavy (non-hydrogen) atoms. The van der Waals surface area contributed by atoms with E-state index in [1.54, 1.807) is 18.2 Å². The quantitative estimate of drug-likeness (QED) is 0.888. The van der Waals surface area contributed by atoms with Gasteiger partial charge in [0.1, 0.15) is 0 Å². The highest BCUT2D eigenvalue weighted by atomic mass is 35.5. The van der Waals surface area contributed by atoms with Crippen LogP contribution in [0.4, 0.5) is 0 Å². The van der Waals surface area contributed by atoms with Gasteiger partial charge in [-0.3, -0.25) is 9.59 Å². The molecule has 0 aliphatic carbocycles. The van der Waals surface area contributed by atoms with Gasteiger partial charge in [0.2, 0.25) is 5.56 Å². The van der Waals surface area contributed by atoms with E-state index in [-0.39, 0.29) is 11.5 Å². The van der Waals surface area contributed by atoms with Crippen LogP contribution in [-0.2, 0) is 6.54 Å². The Balaban J connectivity index is 2.03. The number of aromatic amines is 1. The number of carbonyl (C=O) groups is 1. The molecule has 0 radical (unpaired) electrons. The van der Waals surface area contributed by atoms with Crippen LogP contribution < -0.4 is 10.9 Å². The van der Waals surface area contributed by atoms with Crippen LogP contribution in [0, 0.1) is 0 Å². The topological polar surface area (TPSA) is 62.0 Å². The molecule has 0 unspecified atom stereocenters. The molecule has 2 aromatic rings. The summed E-state index contributed by atoms with van der Waals surface area (Å²) in [5.74, 6) is -0.291. The summed E-state index contributed by atoms with van der Waals surface area (Å²) in [6.45, 7) is 0.367. The normalized spacial score (nSPS) is 10.1. The van der Waals surface area contributed by atoms with E-state index in [9.17, 15) is 9.59 Å². The van der Waals surface area contributed by atoms with Crippen molar-refractivity contribution in [1.29, 1.82) is 0 Å². The zero-order valence-corrected chi connectivity index (χ0v) is 10.2. The molecule has 0 saturated carbocycles. The molecular formula is C13H11ClN2O2. The van der Waals surface area contributed by atoms with Gasteiger partial charge in [-0.2, -0.15) is 0 Å². The first-order valence-electron chi connectivity index (χ1n) is 5.36. The maximum atomic E-state index is 11.8. The minimum Gasteiger partial charge on any atom is -0.348 e. The third-order valence-electron chi connectivity index (χ3n) is 2.38. The number of benzene rings is 1. The summed E-state index contributed by atoms with van der Waals surface area (Å²) in [5, 5.41) is 3.34. The standard InChI is InChI=1S/C13H11ClN2O2/c14-11-3-1-2-9(6-11)8-16-13(18)10-4-5-15-12(17)7-10/h1-7H,8H2,(H,15,17)(H,16,18). The van der Waals surface area contributed by atoms with Crippen LogP contribution in [-0.4, -0.2) is 10.9 Å². The predicted octanol–water partition coefficient (Wildman–Crippen LogP) is 1.96. The molecule has 1 aromatic heterocycles. The molecular weight excluding hydrogens is 252 g/mol. The third-order valence-corrected chi connectivity index (χ3v) is 2.61. The zero-order valence-electron chi connectivity index (χ0n) is 9.44. The SMILES string of the molecule is O=C(NCc1cccc(Cl)c1)c1cc[nH]c(=O)c1. The van der Waals surface area contributed by atoms with Crippen molar-refractivity contribution >= 4 is 17.5 Å². The number of rotatable bonds is 3. The van der Waals surface area contributed by atoms with Crippen LogP contribution in [0.2, 0.25) is 5.02 Å². The highest BCUT2D eigenvalue weighted by Gasteiger charge is 2.05. The van der Waals surface area contributed by atoms with Crippen molar-refractivity contribution in [3.8, 4) is 0 Å². The van der Waals surface area contributed by atoms with Crippen molar-refractivity contribution in [3.05, 3.63) is 69.1 Å². The Kier molecular flexibility index (Phi) is 3.79. The van der Waals surface area contributed by atoms with E-state index < -0.39 is 0 Å². The van der Waals surface area contributed by atoms with Crippen molar-refractivity contribution in [3.63, 3.8) is 0 Å². The molecule has 0 bridgehead atoms. The monoisotopic (exact) mass is 262 g/mol. The molecule has 0 atom stereocenters. The fraction of sp³-hybridized carbons (Fsp3) is 0.0769. The molecule has 1 amide bonds. The second-order valence-corrected chi connectivity index (χ2v) is 4.19. The van der Waals surface area contributed by atoms with E-state index in [1.165, 1.54) is 12.3 Å². The Morgan fingerprint density at radius 2 is 2.11 bits per heavy atom. The maximum Gasteiger partial charge on any atom is 0.251 e. The number of amides is 1. The average Bonchev–Trinajstić information content (AvgIpc) is 2.36. The van der Waals surface area contributed by atoms with Gasteiger partial charge < -0.3 is 10.3 Å². The largest absolute Gasteiger partial charge is 0.348 e. The highest BCUT2D eigenvalue weighted by Crippen LogP contribution is 2.10. The first kappa shape index (κ1) is 12.4. The Hall–Kier alpha value is -2.07. The molecule has 1 aromatic carbocycles. The van der Waals surface area contributed by atoms with Crippen molar-refractivity contribution in [2.75, 3.05) is 0 Å². The molecule has 2 N–H and O–H groups in total. The van der Waals surface area contributed by atoms with Crippen LogP contribution in [0.5, 0.6) is 0 Å². The number of pyridine rings is 1. The number of H-pyrrole nitrogens is 1. The fourth-order valence-electron chi connectivity index (χ4n) is 1.52. The molecule has 5 heteroatoms. The van der Waals surface area contributed by atoms with E-state index >= 15 is 0 Å². The van der Waals surface area contributed by atoms with Crippen LogP contribution in [0.25, 0.3) is 0 Å². The Labute approximate surface area is 109 Å². The van der Waals surface area contributed by atoms with E-state index in [4.69, 9.17) is 11.6 Å². The third kappa shape index (κ3) is 3.21. The molecule has 0 aliphatic rings. The Morgan fingerprint density at radius 1 is 1.28 bits per heavy atom. The summed E-state index contributed by atoms with van der Waals surface area (Å²) in [6.07, 6.45) is 1.44. The zero-order chi connectivity index (χ0) is 13.0. The minimum absolute atomic E-state index is 0.291. The van der Waals surface area contributed by atoms with Crippen molar-refractivity contribution in [1.82, 2.24) is 10.3 Å². The molecule has 1 heterocycles. The van der Waals surface area contributed by atoms with Gasteiger partial charge in [-0.25, -0.2) is 0 Å². The van der Waals surface area contributed by atoms with E-state index in [0.29, 0.717) is 17.1 Å². The van der Waals surface area contributed by atoms with Gasteiger partial charge in [0.25, 0.3) is 5.91 Å².